The number of anilines is 1. The van der Waals surface area contributed by atoms with E-state index in [1.54, 1.807) is 17.3 Å². The summed E-state index contributed by atoms with van der Waals surface area (Å²) in [6, 6.07) is 10.2. The van der Waals surface area contributed by atoms with E-state index in [4.69, 9.17) is 5.73 Å². The van der Waals surface area contributed by atoms with Crippen molar-refractivity contribution in [2.24, 2.45) is 5.73 Å². The number of amides is 1. The molecule has 5 nitrogen and oxygen atoms in total. The van der Waals surface area contributed by atoms with Crippen LogP contribution in [0.3, 0.4) is 0 Å². The smallest absolute Gasteiger partial charge is 0.255 e. The number of hydrogen-bond donors (Lipinski definition) is 1. The van der Waals surface area contributed by atoms with Gasteiger partial charge in [-0.3, -0.25) is 9.78 Å². The van der Waals surface area contributed by atoms with Crippen molar-refractivity contribution in [2.75, 3.05) is 32.1 Å². The molecular weight excluding hydrogens is 359 g/mol. The normalized spacial score (nSPS) is 16.0. The molecule has 1 atom stereocenters. The fraction of sp³-hybridized carbons (Fsp3) is 0.333. The molecule has 0 radical (unpaired) electrons. The first-order valence-electron chi connectivity index (χ1n) is 7.82. The first-order valence-corrected chi connectivity index (χ1v) is 7.82. The Hall–Kier alpha value is -1.82. The molecule has 2 aromatic rings. The predicted molar refractivity (Wildman–Crippen MR) is 107 cm³/mol. The Balaban J connectivity index is 0.00000156. The largest absolute Gasteiger partial charge is 0.378 e. The second kappa shape index (κ2) is 9.04. The van der Waals surface area contributed by atoms with Crippen LogP contribution in [0.4, 0.5) is 5.69 Å². The summed E-state index contributed by atoms with van der Waals surface area (Å²) in [7, 11) is 4.02. The van der Waals surface area contributed by atoms with Gasteiger partial charge >= 0.3 is 0 Å². The number of hydrogen-bond acceptors (Lipinski definition) is 4. The number of aromatic nitrogens is 1. The second-order valence-electron chi connectivity index (χ2n) is 6.20. The summed E-state index contributed by atoms with van der Waals surface area (Å²) in [6.45, 7) is 1.35. The Labute approximate surface area is 161 Å². The van der Waals surface area contributed by atoms with Gasteiger partial charge in [-0.2, -0.15) is 0 Å². The van der Waals surface area contributed by atoms with Crippen molar-refractivity contribution in [3.8, 4) is 11.1 Å². The predicted octanol–water partition coefficient (Wildman–Crippen LogP) is 2.83. The Bertz CT molecular complexity index is 706. The average molecular weight is 383 g/mol. The van der Waals surface area contributed by atoms with Crippen LogP contribution in [-0.4, -0.2) is 49.0 Å². The third-order valence-electron chi connectivity index (χ3n) is 4.21. The summed E-state index contributed by atoms with van der Waals surface area (Å²) >= 11 is 0. The molecule has 1 fully saturated rings. The minimum Gasteiger partial charge on any atom is -0.378 e. The molecular formula is C18H24Cl2N4O. The molecule has 1 saturated heterocycles. The molecule has 2 N–H and O–H groups in total. The van der Waals surface area contributed by atoms with Gasteiger partial charge in [0.05, 0.1) is 5.56 Å². The average Bonchev–Trinajstić information content (AvgIpc) is 3.01. The van der Waals surface area contributed by atoms with Crippen molar-refractivity contribution in [2.45, 2.75) is 12.5 Å². The molecule has 3 rings (SSSR count). The van der Waals surface area contributed by atoms with E-state index >= 15 is 0 Å². The van der Waals surface area contributed by atoms with Gasteiger partial charge in [0.25, 0.3) is 5.91 Å². The molecule has 0 aliphatic carbocycles. The molecule has 0 saturated carbocycles. The van der Waals surface area contributed by atoms with E-state index in [-0.39, 0.29) is 36.8 Å². The molecule has 1 aromatic heterocycles. The minimum absolute atomic E-state index is 0. The monoisotopic (exact) mass is 382 g/mol. The molecule has 0 unspecified atom stereocenters. The van der Waals surface area contributed by atoms with Crippen LogP contribution in [0.2, 0.25) is 0 Å². The Morgan fingerprint density at radius 2 is 1.84 bits per heavy atom. The summed E-state index contributed by atoms with van der Waals surface area (Å²) in [5.74, 6) is 0.0113. The van der Waals surface area contributed by atoms with E-state index in [0.717, 1.165) is 29.8 Å². The van der Waals surface area contributed by atoms with Crippen LogP contribution in [0.25, 0.3) is 11.1 Å². The van der Waals surface area contributed by atoms with Crippen LogP contribution in [0.5, 0.6) is 0 Å². The molecule has 1 aliphatic rings. The maximum absolute atomic E-state index is 12.5. The number of halogens is 2. The highest BCUT2D eigenvalue weighted by Gasteiger charge is 2.24. The van der Waals surface area contributed by atoms with Crippen molar-refractivity contribution >= 4 is 36.4 Å². The van der Waals surface area contributed by atoms with Gasteiger partial charge in [0, 0.05) is 56.9 Å². The minimum atomic E-state index is 0. The van der Waals surface area contributed by atoms with Gasteiger partial charge in [-0.25, -0.2) is 0 Å². The first kappa shape index (κ1) is 21.2. The van der Waals surface area contributed by atoms with E-state index in [1.165, 1.54) is 0 Å². The highest BCUT2D eigenvalue weighted by atomic mass is 35.5. The summed E-state index contributed by atoms with van der Waals surface area (Å²) in [5, 5.41) is 0. The Morgan fingerprint density at radius 3 is 2.40 bits per heavy atom. The van der Waals surface area contributed by atoms with Crippen molar-refractivity contribution in [1.29, 1.82) is 0 Å². The van der Waals surface area contributed by atoms with Gasteiger partial charge in [-0.1, -0.05) is 12.1 Å². The van der Waals surface area contributed by atoms with Crippen molar-refractivity contribution in [3.63, 3.8) is 0 Å². The molecule has 0 bridgehead atoms. The quantitative estimate of drug-likeness (QED) is 0.886. The molecule has 0 spiro atoms. The topological polar surface area (TPSA) is 62.5 Å². The van der Waals surface area contributed by atoms with E-state index < -0.39 is 0 Å². The van der Waals surface area contributed by atoms with Crippen molar-refractivity contribution < 1.29 is 4.79 Å². The van der Waals surface area contributed by atoms with Crippen LogP contribution in [0.1, 0.15) is 16.8 Å². The number of carbonyl (C=O) groups is 1. The number of benzene rings is 1. The van der Waals surface area contributed by atoms with Crippen LogP contribution in [0, 0.1) is 0 Å². The number of nitrogens with two attached hydrogens (primary N) is 1. The Morgan fingerprint density at radius 1 is 1.16 bits per heavy atom. The zero-order chi connectivity index (χ0) is 16.4. The van der Waals surface area contributed by atoms with E-state index in [0.29, 0.717) is 12.1 Å². The van der Waals surface area contributed by atoms with Crippen LogP contribution < -0.4 is 10.6 Å². The molecule has 25 heavy (non-hydrogen) atoms. The van der Waals surface area contributed by atoms with Crippen molar-refractivity contribution in [3.05, 3.63) is 48.3 Å². The van der Waals surface area contributed by atoms with Gasteiger partial charge in [0.1, 0.15) is 0 Å². The summed E-state index contributed by atoms with van der Waals surface area (Å²) in [5.41, 5.74) is 9.65. The first-order chi connectivity index (χ1) is 11.0. The highest BCUT2D eigenvalue weighted by molar-refractivity contribution is 5.95. The Kier molecular flexibility index (Phi) is 7.67. The fourth-order valence-corrected chi connectivity index (χ4v) is 2.82. The standard InChI is InChI=1S/C18H22N4O.2ClH/c1-21(2)17-5-3-13(4-6-17)14-9-15(11-20-10-14)18(23)22-8-7-16(19)12-22;;/h3-6,9-11,16H,7-8,12,19H2,1-2H3;2*1H/t16-;;/m1../s1. The van der Waals surface area contributed by atoms with Gasteiger partial charge in [0.2, 0.25) is 0 Å². The molecule has 136 valence electrons. The molecule has 1 amide bonds. The maximum Gasteiger partial charge on any atom is 0.255 e. The van der Waals surface area contributed by atoms with Gasteiger partial charge in [-0.15, -0.1) is 24.8 Å². The van der Waals surface area contributed by atoms with Crippen LogP contribution in [0.15, 0.2) is 42.7 Å². The third-order valence-corrected chi connectivity index (χ3v) is 4.21. The number of carbonyl (C=O) groups excluding carboxylic acids is 1. The SMILES string of the molecule is CN(C)c1ccc(-c2cncc(C(=O)N3CC[C@@H](N)C3)c2)cc1.Cl.Cl. The third kappa shape index (κ3) is 4.84. The highest BCUT2D eigenvalue weighted by Crippen LogP contribution is 2.23. The van der Waals surface area contributed by atoms with Gasteiger partial charge in [-0.05, 0) is 30.2 Å². The molecule has 1 aliphatic heterocycles. The molecule has 1 aromatic carbocycles. The van der Waals surface area contributed by atoms with Crippen molar-refractivity contribution in [1.82, 2.24) is 9.88 Å². The van der Waals surface area contributed by atoms with Gasteiger partial charge < -0.3 is 15.5 Å². The lowest BCUT2D eigenvalue weighted by atomic mass is 10.1. The van der Waals surface area contributed by atoms with E-state index in [1.807, 2.05) is 32.3 Å². The number of rotatable bonds is 3. The number of likely N-dealkylation sites (tertiary alicyclic amines) is 1. The van der Waals surface area contributed by atoms with Gasteiger partial charge in [0.15, 0.2) is 0 Å². The van der Waals surface area contributed by atoms with E-state index in [9.17, 15) is 4.79 Å². The second-order valence-corrected chi connectivity index (χ2v) is 6.20. The lowest BCUT2D eigenvalue weighted by Crippen LogP contribution is -2.31. The molecule has 7 heteroatoms. The van der Waals surface area contributed by atoms with E-state index in [2.05, 4.69) is 22.0 Å². The molecule has 2 heterocycles. The number of nitrogens with zero attached hydrogens (tertiary/aromatic N) is 3. The zero-order valence-corrected chi connectivity index (χ0v) is 16.0. The number of pyridine rings is 1. The summed E-state index contributed by atoms with van der Waals surface area (Å²) < 4.78 is 0. The zero-order valence-electron chi connectivity index (χ0n) is 14.4. The lowest BCUT2D eigenvalue weighted by Gasteiger charge is -2.16. The van der Waals surface area contributed by atoms with Crippen LogP contribution in [-0.2, 0) is 0 Å². The summed E-state index contributed by atoms with van der Waals surface area (Å²) in [4.78, 5) is 20.6. The van der Waals surface area contributed by atoms with Crippen LogP contribution >= 0.6 is 24.8 Å². The maximum atomic E-state index is 12.5. The fourth-order valence-electron chi connectivity index (χ4n) is 2.82. The summed E-state index contributed by atoms with van der Waals surface area (Å²) in [6.07, 6.45) is 4.28. The lowest BCUT2D eigenvalue weighted by molar-refractivity contribution is 0.0790.